The van der Waals surface area contributed by atoms with Crippen molar-refractivity contribution >= 4 is 27.0 Å². The van der Waals surface area contributed by atoms with E-state index in [9.17, 15) is 13.2 Å². The fourth-order valence-electron chi connectivity index (χ4n) is 4.36. The molecule has 1 amide bonds. The number of cyclic esters (lactones) is 1. The van der Waals surface area contributed by atoms with E-state index in [1.807, 2.05) is 17.0 Å². The zero-order chi connectivity index (χ0) is 20.6. The highest BCUT2D eigenvalue weighted by atomic mass is 32.2. The van der Waals surface area contributed by atoms with Crippen molar-refractivity contribution in [3.05, 3.63) is 36.5 Å². The number of sulfonamides is 1. The Hall–Kier alpha value is -2.19. The molecule has 4 rings (SSSR count). The molecule has 3 heterocycles. The van der Waals surface area contributed by atoms with Crippen LogP contribution >= 0.6 is 0 Å². The first kappa shape index (κ1) is 20.1. The third-order valence-corrected chi connectivity index (χ3v) is 8.21. The number of nitrogens with zero attached hydrogens (tertiary/aromatic N) is 3. The van der Waals surface area contributed by atoms with Crippen molar-refractivity contribution in [1.82, 2.24) is 14.2 Å². The lowest BCUT2D eigenvalue weighted by atomic mass is 9.95. The molecule has 2 saturated heterocycles. The lowest BCUT2D eigenvalue weighted by Crippen LogP contribution is -2.51. The van der Waals surface area contributed by atoms with Crippen molar-refractivity contribution in [1.29, 1.82) is 0 Å². The molecule has 29 heavy (non-hydrogen) atoms. The average molecular weight is 418 g/mol. The highest BCUT2D eigenvalue weighted by Crippen LogP contribution is 2.31. The first-order chi connectivity index (χ1) is 13.9. The Kier molecular flexibility index (Phi) is 5.48. The van der Waals surface area contributed by atoms with Gasteiger partial charge in [0.15, 0.2) is 0 Å². The van der Waals surface area contributed by atoms with Crippen LogP contribution in [0, 0.1) is 5.92 Å². The molecule has 156 valence electrons. The van der Waals surface area contributed by atoms with Crippen molar-refractivity contribution in [2.45, 2.75) is 50.1 Å². The number of para-hydroxylation sites is 1. The third-order valence-electron chi connectivity index (χ3n) is 6.28. The van der Waals surface area contributed by atoms with E-state index in [0.29, 0.717) is 44.0 Å². The monoisotopic (exact) mass is 417 g/mol. The minimum Gasteiger partial charge on any atom is -0.447 e. The topological polar surface area (TPSA) is 79.8 Å². The SMILES string of the molecule is CCC(C)C1COC(=O)N1C1CCN(S(=O)(=O)c2cccc3cccnc23)CC1. The van der Waals surface area contributed by atoms with Gasteiger partial charge in [0.1, 0.15) is 11.5 Å². The number of fused-ring (bicyclic) bond motifs is 1. The minimum absolute atomic E-state index is 0.0149. The van der Waals surface area contributed by atoms with Crippen LogP contribution < -0.4 is 0 Å². The molecule has 0 saturated carbocycles. The molecule has 2 aliphatic rings. The number of rotatable bonds is 5. The number of amides is 1. The van der Waals surface area contributed by atoms with Crippen LogP contribution in [0.1, 0.15) is 33.1 Å². The Labute approximate surface area is 171 Å². The Morgan fingerprint density at radius 2 is 1.93 bits per heavy atom. The van der Waals surface area contributed by atoms with Gasteiger partial charge in [0, 0.05) is 30.7 Å². The maximum absolute atomic E-state index is 13.3. The molecule has 1 aromatic heterocycles. The second-order valence-corrected chi connectivity index (χ2v) is 9.81. The van der Waals surface area contributed by atoms with Crippen LogP contribution in [0.2, 0.25) is 0 Å². The molecular weight excluding hydrogens is 390 g/mol. The van der Waals surface area contributed by atoms with E-state index in [1.54, 1.807) is 24.4 Å². The summed E-state index contributed by atoms with van der Waals surface area (Å²) < 4.78 is 33.4. The molecule has 2 aromatic rings. The highest BCUT2D eigenvalue weighted by molar-refractivity contribution is 7.89. The van der Waals surface area contributed by atoms with Gasteiger partial charge in [-0.25, -0.2) is 13.2 Å². The summed E-state index contributed by atoms with van der Waals surface area (Å²) in [7, 11) is -3.65. The Morgan fingerprint density at radius 3 is 2.66 bits per heavy atom. The van der Waals surface area contributed by atoms with E-state index in [1.165, 1.54) is 4.31 Å². The van der Waals surface area contributed by atoms with Crippen molar-refractivity contribution in [2.24, 2.45) is 5.92 Å². The van der Waals surface area contributed by atoms with Gasteiger partial charge in [0.25, 0.3) is 0 Å². The summed E-state index contributed by atoms with van der Waals surface area (Å²) in [6.07, 6.45) is 3.54. The first-order valence-corrected chi connectivity index (χ1v) is 11.7. The maximum Gasteiger partial charge on any atom is 0.410 e. The molecule has 0 N–H and O–H groups in total. The van der Waals surface area contributed by atoms with E-state index in [0.717, 1.165) is 11.8 Å². The van der Waals surface area contributed by atoms with Crippen LogP contribution in [0.4, 0.5) is 4.79 Å². The van der Waals surface area contributed by atoms with Gasteiger partial charge in [-0.2, -0.15) is 4.31 Å². The third kappa shape index (κ3) is 3.59. The molecule has 2 unspecified atom stereocenters. The smallest absolute Gasteiger partial charge is 0.410 e. The van der Waals surface area contributed by atoms with E-state index in [2.05, 4.69) is 18.8 Å². The number of benzene rings is 1. The van der Waals surface area contributed by atoms with Gasteiger partial charge < -0.3 is 4.74 Å². The van der Waals surface area contributed by atoms with Gasteiger partial charge in [-0.1, -0.05) is 38.5 Å². The predicted molar refractivity (Wildman–Crippen MR) is 110 cm³/mol. The molecule has 0 bridgehead atoms. The van der Waals surface area contributed by atoms with E-state index in [-0.39, 0.29) is 23.1 Å². The number of carbonyl (C=O) groups is 1. The molecule has 8 heteroatoms. The number of ether oxygens (including phenoxy) is 1. The molecule has 2 fully saturated rings. The van der Waals surface area contributed by atoms with Gasteiger partial charge in [0.2, 0.25) is 10.0 Å². The molecule has 0 aliphatic carbocycles. The molecule has 1 aromatic carbocycles. The normalized spacial score (nSPS) is 22.8. The van der Waals surface area contributed by atoms with E-state index < -0.39 is 10.0 Å². The van der Waals surface area contributed by atoms with Crippen LogP contribution in [0.3, 0.4) is 0 Å². The van der Waals surface area contributed by atoms with Crippen LogP contribution in [0.5, 0.6) is 0 Å². The number of pyridine rings is 1. The Morgan fingerprint density at radius 1 is 1.21 bits per heavy atom. The van der Waals surface area contributed by atoms with Crippen LogP contribution in [0.25, 0.3) is 10.9 Å². The largest absolute Gasteiger partial charge is 0.447 e. The van der Waals surface area contributed by atoms with E-state index in [4.69, 9.17) is 4.74 Å². The standard InChI is InChI=1S/C21H27N3O4S/c1-3-15(2)18-14-28-21(25)24(18)17-9-12-23(13-10-17)29(26,27)19-8-4-6-16-7-5-11-22-20(16)19/h4-8,11,15,17-18H,3,9-10,12-14H2,1-2H3. The fourth-order valence-corrected chi connectivity index (χ4v) is 6.00. The van der Waals surface area contributed by atoms with Gasteiger partial charge in [0.05, 0.1) is 11.6 Å². The number of hydrogen-bond donors (Lipinski definition) is 0. The van der Waals surface area contributed by atoms with Crippen molar-refractivity contribution in [3.63, 3.8) is 0 Å². The molecular formula is C21H27N3O4S. The van der Waals surface area contributed by atoms with Crippen molar-refractivity contribution in [3.8, 4) is 0 Å². The zero-order valence-corrected chi connectivity index (χ0v) is 17.6. The number of piperidine rings is 1. The molecule has 7 nitrogen and oxygen atoms in total. The summed E-state index contributed by atoms with van der Waals surface area (Å²) in [6, 6.07) is 8.98. The summed E-state index contributed by atoms with van der Waals surface area (Å²) >= 11 is 0. The van der Waals surface area contributed by atoms with Crippen molar-refractivity contribution < 1.29 is 17.9 Å². The van der Waals surface area contributed by atoms with Crippen LogP contribution in [0.15, 0.2) is 41.4 Å². The van der Waals surface area contributed by atoms with Crippen LogP contribution in [-0.2, 0) is 14.8 Å². The van der Waals surface area contributed by atoms with Gasteiger partial charge >= 0.3 is 6.09 Å². The second kappa shape index (κ2) is 7.91. The number of carbonyl (C=O) groups excluding carboxylic acids is 1. The highest BCUT2D eigenvalue weighted by Gasteiger charge is 2.42. The summed E-state index contributed by atoms with van der Waals surface area (Å²) in [5.74, 6) is 0.352. The van der Waals surface area contributed by atoms with Crippen LogP contribution in [-0.4, -0.2) is 60.5 Å². The summed E-state index contributed by atoms with van der Waals surface area (Å²) in [5, 5.41) is 0.805. The quantitative estimate of drug-likeness (QED) is 0.746. The molecule has 2 atom stereocenters. The number of aromatic nitrogens is 1. The predicted octanol–water partition coefficient (Wildman–Crippen LogP) is 3.25. The van der Waals surface area contributed by atoms with Gasteiger partial charge in [-0.3, -0.25) is 9.88 Å². The zero-order valence-electron chi connectivity index (χ0n) is 16.8. The lowest BCUT2D eigenvalue weighted by Gasteiger charge is -2.38. The fraction of sp³-hybridized carbons (Fsp3) is 0.524. The number of hydrogen-bond acceptors (Lipinski definition) is 5. The summed E-state index contributed by atoms with van der Waals surface area (Å²) in [5.41, 5.74) is 0.497. The van der Waals surface area contributed by atoms with Crippen molar-refractivity contribution in [2.75, 3.05) is 19.7 Å². The first-order valence-electron chi connectivity index (χ1n) is 10.2. The molecule has 2 aliphatic heterocycles. The summed E-state index contributed by atoms with van der Waals surface area (Å²) in [4.78, 5) is 18.7. The van der Waals surface area contributed by atoms with E-state index >= 15 is 0 Å². The Balaban J connectivity index is 1.52. The second-order valence-electron chi connectivity index (χ2n) is 7.90. The summed E-state index contributed by atoms with van der Waals surface area (Å²) in [6.45, 7) is 5.43. The Bertz CT molecular complexity index is 997. The maximum atomic E-state index is 13.3. The average Bonchev–Trinajstić information content (AvgIpc) is 3.14. The van der Waals surface area contributed by atoms with Gasteiger partial charge in [-0.05, 0) is 30.9 Å². The minimum atomic E-state index is -3.65. The lowest BCUT2D eigenvalue weighted by molar-refractivity contribution is 0.114. The van der Waals surface area contributed by atoms with Gasteiger partial charge in [-0.15, -0.1) is 0 Å². The molecule has 0 radical (unpaired) electrons. The molecule has 0 spiro atoms.